The van der Waals surface area contributed by atoms with Crippen LogP contribution in [0.3, 0.4) is 0 Å². The highest BCUT2D eigenvalue weighted by atomic mass is 16.5. The fraction of sp³-hybridized carbons (Fsp3) is 0.364. The van der Waals surface area contributed by atoms with Gasteiger partial charge in [-0.3, -0.25) is 9.59 Å². The van der Waals surface area contributed by atoms with E-state index < -0.39 is 0 Å². The number of para-hydroxylation sites is 3. The Morgan fingerprint density at radius 1 is 1.07 bits per heavy atom. The molecule has 0 saturated carbocycles. The monoisotopic (exact) mass is 554 g/mol. The average molecular weight is 555 g/mol. The quantitative estimate of drug-likeness (QED) is 0.259. The molecule has 5 rings (SSSR count). The molecule has 214 valence electrons. The molecule has 3 aromatic carbocycles. The van der Waals surface area contributed by atoms with Crippen LogP contribution >= 0.6 is 0 Å². The summed E-state index contributed by atoms with van der Waals surface area (Å²) in [5.74, 6) is 1.33. The third-order valence-corrected chi connectivity index (χ3v) is 7.91. The Balaban J connectivity index is 1.51. The van der Waals surface area contributed by atoms with Gasteiger partial charge in [0.15, 0.2) is 0 Å². The summed E-state index contributed by atoms with van der Waals surface area (Å²) in [6.45, 7) is 7.18. The minimum atomic E-state index is -0.171. The fourth-order valence-corrected chi connectivity index (χ4v) is 5.93. The maximum Gasteiger partial charge on any atom is 0.247 e. The number of aryl methyl sites for hydroxylation is 2. The molecule has 2 amide bonds. The molecule has 0 bridgehead atoms. The highest BCUT2D eigenvalue weighted by Crippen LogP contribution is 2.35. The SMILES string of the molecule is CCc1cccc(C)c1N(C(=O)Cn1c([C@H]2CC(=O)N(c3ccc(OC)cc3)C2)nc2ccccc21)[C@H](C)COC. The molecular formula is C33H38N4O4. The van der Waals surface area contributed by atoms with E-state index in [9.17, 15) is 9.59 Å². The van der Waals surface area contributed by atoms with Crippen LogP contribution in [0.1, 0.15) is 43.1 Å². The Bertz CT molecular complexity index is 1540. The van der Waals surface area contributed by atoms with E-state index in [1.165, 1.54) is 0 Å². The molecular weight excluding hydrogens is 516 g/mol. The predicted octanol–water partition coefficient (Wildman–Crippen LogP) is 5.50. The van der Waals surface area contributed by atoms with Crippen LogP contribution in [0.2, 0.25) is 0 Å². The lowest BCUT2D eigenvalue weighted by Crippen LogP contribution is -2.44. The summed E-state index contributed by atoms with van der Waals surface area (Å²) in [6, 6.07) is 21.4. The lowest BCUT2D eigenvalue weighted by atomic mass is 10.0. The zero-order valence-electron chi connectivity index (χ0n) is 24.5. The van der Waals surface area contributed by atoms with Crippen molar-refractivity contribution in [3.63, 3.8) is 0 Å². The normalized spacial score (nSPS) is 15.9. The third-order valence-electron chi connectivity index (χ3n) is 7.91. The first-order valence-corrected chi connectivity index (χ1v) is 14.1. The van der Waals surface area contributed by atoms with E-state index in [2.05, 4.69) is 13.0 Å². The number of amides is 2. The van der Waals surface area contributed by atoms with Crippen molar-refractivity contribution in [3.05, 3.63) is 83.7 Å². The van der Waals surface area contributed by atoms with Gasteiger partial charge in [0.05, 0.1) is 36.5 Å². The molecule has 1 aliphatic heterocycles. The van der Waals surface area contributed by atoms with Gasteiger partial charge in [-0.1, -0.05) is 37.3 Å². The summed E-state index contributed by atoms with van der Waals surface area (Å²) in [4.78, 5) is 36.1. The van der Waals surface area contributed by atoms with E-state index in [-0.39, 0.29) is 30.3 Å². The van der Waals surface area contributed by atoms with Crippen molar-refractivity contribution in [1.29, 1.82) is 0 Å². The average Bonchev–Trinajstić information content (AvgIpc) is 3.54. The van der Waals surface area contributed by atoms with E-state index in [0.717, 1.165) is 51.5 Å². The number of fused-ring (bicyclic) bond motifs is 1. The van der Waals surface area contributed by atoms with Crippen molar-refractivity contribution >= 4 is 34.2 Å². The second-order valence-corrected chi connectivity index (χ2v) is 10.7. The number of hydrogen-bond acceptors (Lipinski definition) is 5. The number of anilines is 2. The van der Waals surface area contributed by atoms with Gasteiger partial charge in [0.1, 0.15) is 18.1 Å². The lowest BCUT2D eigenvalue weighted by Gasteiger charge is -2.32. The third kappa shape index (κ3) is 5.57. The molecule has 1 aromatic heterocycles. The maximum atomic E-state index is 14.3. The van der Waals surface area contributed by atoms with Crippen LogP contribution in [0.5, 0.6) is 5.75 Å². The molecule has 8 heteroatoms. The number of carbonyl (C=O) groups excluding carboxylic acids is 2. The van der Waals surface area contributed by atoms with Crippen molar-refractivity contribution in [2.24, 2.45) is 0 Å². The fourth-order valence-electron chi connectivity index (χ4n) is 5.93. The smallest absolute Gasteiger partial charge is 0.247 e. The van der Waals surface area contributed by atoms with Crippen LogP contribution < -0.4 is 14.5 Å². The van der Waals surface area contributed by atoms with E-state index >= 15 is 0 Å². The molecule has 0 unspecified atom stereocenters. The van der Waals surface area contributed by atoms with Crippen molar-refractivity contribution in [2.75, 3.05) is 37.2 Å². The number of rotatable bonds is 10. The van der Waals surface area contributed by atoms with E-state index in [1.807, 2.05) is 84.0 Å². The lowest BCUT2D eigenvalue weighted by molar-refractivity contribution is -0.120. The number of imidazole rings is 1. The maximum absolute atomic E-state index is 14.3. The molecule has 0 spiro atoms. The molecule has 1 saturated heterocycles. The molecule has 0 N–H and O–H groups in total. The number of hydrogen-bond donors (Lipinski definition) is 0. The summed E-state index contributed by atoms with van der Waals surface area (Å²) < 4.78 is 12.8. The second kappa shape index (κ2) is 12.1. The molecule has 2 heterocycles. The molecule has 2 atom stereocenters. The Morgan fingerprint density at radius 2 is 1.83 bits per heavy atom. The number of ether oxygens (including phenoxy) is 2. The number of nitrogens with zero attached hydrogens (tertiary/aromatic N) is 4. The van der Waals surface area contributed by atoms with Gasteiger partial charge in [-0.05, 0) is 67.8 Å². The zero-order valence-corrected chi connectivity index (χ0v) is 24.5. The van der Waals surface area contributed by atoms with Crippen molar-refractivity contribution < 1.29 is 19.1 Å². The highest BCUT2D eigenvalue weighted by Gasteiger charge is 2.36. The second-order valence-electron chi connectivity index (χ2n) is 10.7. The molecule has 41 heavy (non-hydrogen) atoms. The summed E-state index contributed by atoms with van der Waals surface area (Å²) in [5, 5.41) is 0. The molecule has 0 radical (unpaired) electrons. The molecule has 4 aromatic rings. The summed E-state index contributed by atoms with van der Waals surface area (Å²) in [6.07, 6.45) is 1.14. The summed E-state index contributed by atoms with van der Waals surface area (Å²) >= 11 is 0. The van der Waals surface area contributed by atoms with Crippen LogP contribution in [-0.4, -0.2) is 54.8 Å². The van der Waals surface area contributed by atoms with Crippen molar-refractivity contribution in [1.82, 2.24) is 9.55 Å². The van der Waals surface area contributed by atoms with Gasteiger partial charge in [0.25, 0.3) is 0 Å². The number of aromatic nitrogens is 2. The predicted molar refractivity (Wildman–Crippen MR) is 162 cm³/mol. The Hall–Kier alpha value is -4.17. The summed E-state index contributed by atoms with van der Waals surface area (Å²) in [7, 11) is 3.28. The first-order valence-electron chi connectivity index (χ1n) is 14.1. The van der Waals surface area contributed by atoms with Gasteiger partial charge < -0.3 is 23.8 Å². The van der Waals surface area contributed by atoms with Gasteiger partial charge in [-0.2, -0.15) is 0 Å². The van der Waals surface area contributed by atoms with E-state index in [1.54, 1.807) is 19.1 Å². The van der Waals surface area contributed by atoms with E-state index in [0.29, 0.717) is 19.6 Å². The standard InChI is InChI=1S/C33H38N4O4/c1-6-24-11-9-10-22(2)32(24)37(23(3)21-40-4)31(39)20-36-29-13-8-7-12-28(29)34-33(36)25-18-30(38)35(19-25)26-14-16-27(41-5)17-15-26/h7-17,23,25H,6,18-21H2,1-5H3/t23-,25+/m1/s1. The van der Waals surface area contributed by atoms with E-state index in [4.69, 9.17) is 14.5 Å². The summed E-state index contributed by atoms with van der Waals surface area (Å²) in [5.41, 5.74) is 5.63. The Kier molecular flexibility index (Phi) is 8.40. The highest BCUT2D eigenvalue weighted by molar-refractivity contribution is 5.98. The zero-order chi connectivity index (χ0) is 29.1. The number of carbonyl (C=O) groups is 2. The minimum absolute atomic E-state index is 0.0351. The Labute approximate surface area is 241 Å². The van der Waals surface area contributed by atoms with Crippen LogP contribution in [0.25, 0.3) is 11.0 Å². The molecule has 0 aliphatic carbocycles. The van der Waals surface area contributed by atoms with Gasteiger partial charge in [-0.25, -0.2) is 4.98 Å². The van der Waals surface area contributed by atoms with Gasteiger partial charge in [-0.15, -0.1) is 0 Å². The molecule has 1 fully saturated rings. The molecule has 8 nitrogen and oxygen atoms in total. The number of methoxy groups -OCH3 is 2. The van der Waals surface area contributed by atoms with Crippen LogP contribution in [-0.2, 0) is 27.3 Å². The molecule has 1 aliphatic rings. The van der Waals surface area contributed by atoms with Crippen LogP contribution in [0.4, 0.5) is 11.4 Å². The first-order chi connectivity index (χ1) is 19.9. The largest absolute Gasteiger partial charge is 0.497 e. The van der Waals surface area contributed by atoms with Gasteiger partial charge in [0.2, 0.25) is 11.8 Å². The minimum Gasteiger partial charge on any atom is -0.497 e. The van der Waals surface area contributed by atoms with Crippen LogP contribution in [0.15, 0.2) is 66.7 Å². The van der Waals surface area contributed by atoms with Gasteiger partial charge >= 0.3 is 0 Å². The number of benzene rings is 3. The first kappa shape index (κ1) is 28.4. The topological polar surface area (TPSA) is 76.9 Å². The van der Waals surface area contributed by atoms with Crippen LogP contribution in [0, 0.1) is 6.92 Å². The van der Waals surface area contributed by atoms with Gasteiger partial charge in [0, 0.05) is 31.7 Å². The Morgan fingerprint density at radius 3 is 2.54 bits per heavy atom. The van der Waals surface area contributed by atoms with Crippen molar-refractivity contribution in [2.45, 2.75) is 52.1 Å². The van der Waals surface area contributed by atoms with Crippen molar-refractivity contribution in [3.8, 4) is 5.75 Å².